The summed E-state index contributed by atoms with van der Waals surface area (Å²) in [7, 11) is 1.98. The highest BCUT2D eigenvalue weighted by Gasteiger charge is 2.15. The fraction of sp³-hybridized carbons (Fsp3) is 0.533. The number of ketones is 1. The molecule has 2 nitrogen and oxygen atoms in total. The minimum atomic E-state index is -0.712. The van der Waals surface area contributed by atoms with Crippen molar-refractivity contribution in [3.05, 3.63) is 35.4 Å². The lowest BCUT2D eigenvalue weighted by atomic mass is 10.1. The third-order valence-electron chi connectivity index (χ3n) is 3.33. The number of rotatable bonds is 8. The van der Waals surface area contributed by atoms with Crippen LogP contribution in [-0.4, -0.2) is 42.3 Å². The lowest BCUT2D eigenvalue weighted by molar-refractivity contribution is 0.0961. The first kappa shape index (κ1) is 17.1. The molecule has 0 aliphatic heterocycles. The zero-order valence-electron chi connectivity index (χ0n) is 12.2. The van der Waals surface area contributed by atoms with E-state index in [0.717, 1.165) is 30.4 Å². The Hall–Kier alpha value is -0.940. The molecule has 5 heteroatoms. The van der Waals surface area contributed by atoms with E-state index in [1.807, 2.05) is 7.05 Å². The average molecular weight is 301 g/mol. The zero-order valence-corrected chi connectivity index (χ0v) is 13.0. The molecule has 0 N–H and O–H groups in total. The third kappa shape index (κ3) is 5.21. The molecule has 1 aromatic carbocycles. The van der Waals surface area contributed by atoms with Crippen molar-refractivity contribution in [3.63, 3.8) is 0 Å². The van der Waals surface area contributed by atoms with E-state index in [9.17, 15) is 13.6 Å². The van der Waals surface area contributed by atoms with Gasteiger partial charge in [-0.05, 0) is 31.9 Å². The number of Topliss-reactive ketones (excluding diaryl/α,β-unsaturated/α-hetero) is 1. The minimum absolute atomic E-state index is 0.105. The average Bonchev–Trinajstić information content (AvgIpc) is 2.40. The molecule has 112 valence electrons. The summed E-state index contributed by atoms with van der Waals surface area (Å²) in [5.74, 6) is -0.643. The van der Waals surface area contributed by atoms with Crippen LogP contribution in [0.5, 0.6) is 0 Å². The second kappa shape index (κ2) is 8.37. The van der Waals surface area contributed by atoms with Crippen molar-refractivity contribution in [1.29, 1.82) is 0 Å². The molecule has 1 unspecified atom stereocenters. The molecule has 0 heterocycles. The van der Waals surface area contributed by atoms with E-state index in [2.05, 4.69) is 18.1 Å². The Kier molecular flexibility index (Phi) is 7.16. The molecule has 0 fully saturated rings. The van der Waals surface area contributed by atoms with Crippen LogP contribution in [0, 0.1) is 11.6 Å². The smallest absolute Gasteiger partial charge is 0.164 e. The van der Waals surface area contributed by atoms with Gasteiger partial charge >= 0.3 is 0 Å². The molecule has 20 heavy (non-hydrogen) atoms. The van der Waals surface area contributed by atoms with E-state index in [4.69, 9.17) is 0 Å². The van der Waals surface area contributed by atoms with Crippen LogP contribution in [0.3, 0.4) is 0 Å². The van der Waals surface area contributed by atoms with Crippen LogP contribution in [0.15, 0.2) is 18.2 Å². The van der Waals surface area contributed by atoms with E-state index in [1.54, 1.807) is 11.8 Å². The SMILES string of the molecule is CCC(CSC)N(C)CCC(=O)c1cc(F)cc(F)c1. The van der Waals surface area contributed by atoms with E-state index in [0.29, 0.717) is 12.6 Å². The molecule has 0 spiro atoms. The summed E-state index contributed by atoms with van der Waals surface area (Å²) >= 11 is 1.77. The summed E-state index contributed by atoms with van der Waals surface area (Å²) in [4.78, 5) is 14.1. The molecule has 0 aliphatic rings. The van der Waals surface area contributed by atoms with Gasteiger partial charge in [0.2, 0.25) is 0 Å². The molecule has 1 atom stereocenters. The highest BCUT2D eigenvalue weighted by atomic mass is 32.2. The van der Waals surface area contributed by atoms with E-state index in [-0.39, 0.29) is 17.8 Å². The molecular weight excluding hydrogens is 280 g/mol. The van der Waals surface area contributed by atoms with Crippen LogP contribution in [0.2, 0.25) is 0 Å². The second-order valence-electron chi connectivity index (χ2n) is 4.83. The second-order valence-corrected chi connectivity index (χ2v) is 5.74. The van der Waals surface area contributed by atoms with Crippen molar-refractivity contribution in [2.45, 2.75) is 25.8 Å². The number of hydrogen-bond acceptors (Lipinski definition) is 3. The van der Waals surface area contributed by atoms with E-state index < -0.39 is 11.6 Å². The molecule has 0 saturated carbocycles. The predicted octanol–water partition coefficient (Wildman–Crippen LogP) is 3.61. The largest absolute Gasteiger partial charge is 0.302 e. The van der Waals surface area contributed by atoms with Gasteiger partial charge in [0.15, 0.2) is 5.78 Å². The van der Waals surface area contributed by atoms with Gasteiger partial charge in [0.25, 0.3) is 0 Å². The van der Waals surface area contributed by atoms with E-state index >= 15 is 0 Å². The summed E-state index contributed by atoms with van der Waals surface area (Å²) < 4.78 is 26.1. The van der Waals surface area contributed by atoms with Crippen molar-refractivity contribution < 1.29 is 13.6 Å². The van der Waals surface area contributed by atoms with Crippen molar-refractivity contribution in [3.8, 4) is 0 Å². The molecule has 0 aromatic heterocycles. The van der Waals surface area contributed by atoms with Gasteiger partial charge in [-0.25, -0.2) is 8.78 Å². The quantitative estimate of drug-likeness (QED) is 0.684. The van der Waals surface area contributed by atoms with Crippen molar-refractivity contribution in [2.24, 2.45) is 0 Å². The van der Waals surface area contributed by atoms with Crippen LogP contribution in [-0.2, 0) is 0 Å². The van der Waals surface area contributed by atoms with Crippen LogP contribution in [0.1, 0.15) is 30.1 Å². The first-order valence-corrected chi connectivity index (χ1v) is 8.05. The summed E-state index contributed by atoms with van der Waals surface area (Å²) in [6, 6.07) is 3.37. The summed E-state index contributed by atoms with van der Waals surface area (Å²) in [5, 5.41) is 0. The number of carbonyl (C=O) groups is 1. The Bertz CT molecular complexity index is 433. The van der Waals surface area contributed by atoms with Crippen LogP contribution >= 0.6 is 11.8 Å². The minimum Gasteiger partial charge on any atom is -0.302 e. The van der Waals surface area contributed by atoms with Gasteiger partial charge in [-0.2, -0.15) is 11.8 Å². The molecule has 0 saturated heterocycles. The maximum atomic E-state index is 13.1. The topological polar surface area (TPSA) is 20.3 Å². The van der Waals surface area contributed by atoms with Crippen LogP contribution in [0.25, 0.3) is 0 Å². The summed E-state index contributed by atoms with van der Waals surface area (Å²) in [6.07, 6.45) is 3.33. The Morgan fingerprint density at radius 1 is 1.30 bits per heavy atom. The van der Waals surface area contributed by atoms with Gasteiger partial charge in [-0.3, -0.25) is 4.79 Å². The number of halogens is 2. The monoisotopic (exact) mass is 301 g/mol. The van der Waals surface area contributed by atoms with Crippen LogP contribution in [0.4, 0.5) is 8.78 Å². The standard InChI is InChI=1S/C15H21F2NOS/c1-4-14(10-20-3)18(2)6-5-15(19)11-7-12(16)9-13(17)8-11/h7-9,14H,4-6,10H2,1-3H3. The Balaban J connectivity index is 2.58. The number of benzene rings is 1. The van der Waals surface area contributed by atoms with Gasteiger partial charge in [-0.15, -0.1) is 0 Å². The Labute approximate surface area is 123 Å². The van der Waals surface area contributed by atoms with Gasteiger partial charge in [0.05, 0.1) is 0 Å². The van der Waals surface area contributed by atoms with Crippen LogP contribution < -0.4 is 0 Å². The fourth-order valence-electron chi connectivity index (χ4n) is 2.07. The summed E-state index contributed by atoms with van der Waals surface area (Å²) in [6.45, 7) is 2.71. The zero-order chi connectivity index (χ0) is 15.1. The molecule has 0 bridgehead atoms. The molecular formula is C15H21F2NOS. The van der Waals surface area contributed by atoms with Crippen molar-refractivity contribution >= 4 is 17.5 Å². The van der Waals surface area contributed by atoms with Crippen molar-refractivity contribution in [1.82, 2.24) is 4.90 Å². The predicted molar refractivity (Wildman–Crippen MR) is 80.4 cm³/mol. The van der Waals surface area contributed by atoms with Gasteiger partial charge in [0, 0.05) is 36.4 Å². The number of hydrogen-bond donors (Lipinski definition) is 0. The normalized spacial score (nSPS) is 12.7. The highest BCUT2D eigenvalue weighted by molar-refractivity contribution is 7.98. The molecule has 0 aliphatic carbocycles. The van der Waals surface area contributed by atoms with E-state index in [1.165, 1.54) is 0 Å². The number of nitrogens with zero attached hydrogens (tertiary/aromatic N) is 1. The van der Waals surface area contributed by atoms with Gasteiger partial charge in [0.1, 0.15) is 11.6 Å². The van der Waals surface area contributed by atoms with Gasteiger partial charge in [-0.1, -0.05) is 6.92 Å². The molecule has 0 radical (unpaired) electrons. The Morgan fingerprint density at radius 3 is 2.40 bits per heavy atom. The number of thioether (sulfide) groups is 1. The number of carbonyl (C=O) groups excluding carboxylic acids is 1. The molecule has 0 amide bonds. The first-order valence-electron chi connectivity index (χ1n) is 6.66. The summed E-state index contributed by atoms with van der Waals surface area (Å²) in [5.41, 5.74) is 0.105. The lowest BCUT2D eigenvalue weighted by Crippen LogP contribution is -2.34. The first-order chi connectivity index (χ1) is 9.47. The lowest BCUT2D eigenvalue weighted by Gasteiger charge is -2.26. The maximum absolute atomic E-state index is 13.1. The highest BCUT2D eigenvalue weighted by Crippen LogP contribution is 2.12. The molecule has 1 rings (SSSR count). The fourth-order valence-corrected chi connectivity index (χ4v) is 2.94. The molecule has 1 aromatic rings. The van der Waals surface area contributed by atoms with Gasteiger partial charge < -0.3 is 4.90 Å². The third-order valence-corrected chi connectivity index (χ3v) is 4.05. The van der Waals surface area contributed by atoms with Crippen molar-refractivity contribution in [2.75, 3.05) is 25.6 Å². The Morgan fingerprint density at radius 2 is 1.90 bits per heavy atom. The maximum Gasteiger partial charge on any atom is 0.164 e.